The van der Waals surface area contributed by atoms with Crippen LogP contribution in [0.1, 0.15) is 18.4 Å². The predicted octanol–water partition coefficient (Wildman–Crippen LogP) is 2.25. The molecule has 0 amide bonds. The average molecular weight is 308 g/mol. The summed E-state index contributed by atoms with van der Waals surface area (Å²) in [6.45, 7) is 0.618. The van der Waals surface area contributed by atoms with Crippen molar-refractivity contribution in [3.63, 3.8) is 0 Å². The molecule has 3 N–H and O–H groups in total. The van der Waals surface area contributed by atoms with Gasteiger partial charge in [-0.25, -0.2) is 4.68 Å². The molecule has 6 heteroatoms. The number of aromatic nitrogens is 3. The minimum absolute atomic E-state index is 0.439. The van der Waals surface area contributed by atoms with Gasteiger partial charge in [0.2, 0.25) is 11.9 Å². The van der Waals surface area contributed by atoms with Crippen LogP contribution < -0.4 is 11.1 Å². The molecule has 1 aromatic carbocycles. The van der Waals surface area contributed by atoms with Crippen LogP contribution in [-0.2, 0) is 6.54 Å². The van der Waals surface area contributed by atoms with Crippen molar-refractivity contribution >= 4 is 27.8 Å². The van der Waals surface area contributed by atoms with Gasteiger partial charge < -0.3 is 11.1 Å². The summed E-state index contributed by atoms with van der Waals surface area (Å²) < 4.78 is 2.77. The number of nitrogen functional groups attached to an aromatic ring is 1. The first kappa shape index (κ1) is 11.5. The van der Waals surface area contributed by atoms with E-state index in [1.165, 1.54) is 12.8 Å². The molecule has 18 heavy (non-hydrogen) atoms. The Morgan fingerprint density at radius 2 is 2.17 bits per heavy atom. The van der Waals surface area contributed by atoms with E-state index < -0.39 is 0 Å². The van der Waals surface area contributed by atoms with Crippen LogP contribution in [0.25, 0.3) is 0 Å². The monoisotopic (exact) mass is 307 g/mol. The SMILES string of the molecule is Nc1nc(NC2CC2)nn1Cc1ccccc1Br. The van der Waals surface area contributed by atoms with E-state index in [2.05, 4.69) is 31.3 Å². The lowest BCUT2D eigenvalue weighted by molar-refractivity contribution is 0.695. The van der Waals surface area contributed by atoms with E-state index in [1.54, 1.807) is 4.68 Å². The van der Waals surface area contributed by atoms with Crippen LogP contribution in [0.5, 0.6) is 0 Å². The Bertz CT molecular complexity index is 561. The fourth-order valence-corrected chi connectivity index (χ4v) is 2.14. The Morgan fingerprint density at radius 1 is 1.39 bits per heavy atom. The molecule has 94 valence electrons. The smallest absolute Gasteiger partial charge is 0.244 e. The Kier molecular flexibility index (Phi) is 2.95. The molecule has 0 radical (unpaired) electrons. The number of benzene rings is 1. The van der Waals surface area contributed by atoms with Crippen molar-refractivity contribution in [1.82, 2.24) is 14.8 Å². The van der Waals surface area contributed by atoms with E-state index in [0.717, 1.165) is 10.0 Å². The fourth-order valence-electron chi connectivity index (χ4n) is 1.73. The van der Waals surface area contributed by atoms with Gasteiger partial charge in [0, 0.05) is 10.5 Å². The third-order valence-corrected chi connectivity index (χ3v) is 3.66. The molecule has 0 spiro atoms. The standard InChI is InChI=1S/C12H14BrN5/c13-10-4-2-1-3-8(10)7-18-11(14)16-12(17-18)15-9-5-6-9/h1-4,9H,5-7H2,(H3,14,15,16,17). The van der Waals surface area contributed by atoms with Crippen LogP contribution in [0.3, 0.4) is 0 Å². The molecular weight excluding hydrogens is 294 g/mol. The maximum Gasteiger partial charge on any atom is 0.244 e. The summed E-state index contributed by atoms with van der Waals surface area (Å²) in [5.74, 6) is 1.07. The van der Waals surface area contributed by atoms with Crippen LogP contribution in [0.2, 0.25) is 0 Å². The zero-order chi connectivity index (χ0) is 12.5. The van der Waals surface area contributed by atoms with E-state index in [0.29, 0.717) is 24.5 Å². The molecule has 3 rings (SSSR count). The van der Waals surface area contributed by atoms with Crippen LogP contribution in [0.4, 0.5) is 11.9 Å². The van der Waals surface area contributed by atoms with Crippen LogP contribution in [-0.4, -0.2) is 20.8 Å². The number of nitrogens with zero attached hydrogens (tertiary/aromatic N) is 3. The maximum absolute atomic E-state index is 5.87. The molecule has 2 aromatic rings. The quantitative estimate of drug-likeness (QED) is 0.909. The molecule has 0 bridgehead atoms. The molecule has 1 saturated carbocycles. The van der Waals surface area contributed by atoms with Crippen LogP contribution in [0, 0.1) is 0 Å². The molecule has 1 fully saturated rings. The Balaban J connectivity index is 1.79. The highest BCUT2D eigenvalue weighted by Crippen LogP contribution is 2.24. The highest BCUT2D eigenvalue weighted by atomic mass is 79.9. The Morgan fingerprint density at radius 3 is 2.89 bits per heavy atom. The lowest BCUT2D eigenvalue weighted by Gasteiger charge is -2.04. The molecule has 1 heterocycles. The van der Waals surface area contributed by atoms with Crippen molar-refractivity contribution in [3.8, 4) is 0 Å². The summed E-state index contributed by atoms with van der Waals surface area (Å²) in [6.07, 6.45) is 2.39. The third-order valence-electron chi connectivity index (χ3n) is 2.89. The summed E-state index contributed by atoms with van der Waals surface area (Å²) in [7, 11) is 0. The number of hydrogen-bond acceptors (Lipinski definition) is 4. The van der Waals surface area contributed by atoms with E-state index in [1.807, 2.05) is 24.3 Å². The van der Waals surface area contributed by atoms with Gasteiger partial charge in [-0.15, -0.1) is 5.10 Å². The first-order valence-corrected chi connectivity index (χ1v) is 6.72. The molecule has 5 nitrogen and oxygen atoms in total. The largest absolute Gasteiger partial charge is 0.368 e. The van der Waals surface area contributed by atoms with Gasteiger partial charge in [0.1, 0.15) is 0 Å². The number of nitrogens with one attached hydrogen (secondary N) is 1. The van der Waals surface area contributed by atoms with Gasteiger partial charge in [-0.2, -0.15) is 4.98 Å². The summed E-state index contributed by atoms with van der Waals surface area (Å²) in [5.41, 5.74) is 7.00. The van der Waals surface area contributed by atoms with Gasteiger partial charge in [-0.3, -0.25) is 0 Å². The minimum atomic E-state index is 0.439. The van der Waals surface area contributed by atoms with Gasteiger partial charge >= 0.3 is 0 Å². The Hall–Kier alpha value is -1.56. The number of nitrogens with two attached hydrogens (primary N) is 1. The fraction of sp³-hybridized carbons (Fsp3) is 0.333. The molecule has 0 unspecified atom stereocenters. The van der Waals surface area contributed by atoms with Crippen molar-refractivity contribution in [2.75, 3.05) is 11.1 Å². The second-order valence-corrected chi connectivity index (χ2v) is 5.32. The highest BCUT2D eigenvalue weighted by molar-refractivity contribution is 9.10. The molecule has 0 aliphatic heterocycles. The van der Waals surface area contributed by atoms with Crippen molar-refractivity contribution in [1.29, 1.82) is 0 Å². The lowest BCUT2D eigenvalue weighted by Crippen LogP contribution is -2.07. The first-order chi connectivity index (χ1) is 8.72. The second kappa shape index (κ2) is 4.61. The summed E-state index contributed by atoms with van der Waals surface area (Å²) in [4.78, 5) is 4.22. The van der Waals surface area contributed by atoms with Crippen LogP contribution in [0.15, 0.2) is 28.7 Å². The maximum atomic E-state index is 5.87. The molecular formula is C12H14BrN5. The molecule has 0 saturated heterocycles. The second-order valence-electron chi connectivity index (χ2n) is 4.46. The molecule has 1 aromatic heterocycles. The normalized spacial score (nSPS) is 14.7. The van der Waals surface area contributed by atoms with E-state index in [4.69, 9.17) is 5.73 Å². The third kappa shape index (κ3) is 2.48. The number of anilines is 2. The van der Waals surface area contributed by atoms with Crippen LogP contribution >= 0.6 is 15.9 Å². The highest BCUT2D eigenvalue weighted by Gasteiger charge is 2.23. The minimum Gasteiger partial charge on any atom is -0.368 e. The summed E-state index contributed by atoms with van der Waals surface area (Å²) in [5, 5.41) is 7.62. The predicted molar refractivity (Wildman–Crippen MR) is 74.3 cm³/mol. The number of hydrogen-bond donors (Lipinski definition) is 2. The van der Waals surface area contributed by atoms with Crippen molar-refractivity contribution < 1.29 is 0 Å². The van der Waals surface area contributed by atoms with Gasteiger partial charge in [0.05, 0.1) is 6.54 Å². The van der Waals surface area contributed by atoms with E-state index in [-0.39, 0.29) is 0 Å². The van der Waals surface area contributed by atoms with Crippen molar-refractivity contribution in [3.05, 3.63) is 34.3 Å². The van der Waals surface area contributed by atoms with Gasteiger partial charge in [0.25, 0.3) is 0 Å². The number of rotatable bonds is 4. The van der Waals surface area contributed by atoms with Gasteiger partial charge in [-0.1, -0.05) is 34.1 Å². The average Bonchev–Trinajstić information content (AvgIpc) is 3.08. The van der Waals surface area contributed by atoms with Gasteiger partial charge in [-0.05, 0) is 24.5 Å². The van der Waals surface area contributed by atoms with Crippen molar-refractivity contribution in [2.24, 2.45) is 0 Å². The Labute approximate surface area is 114 Å². The van der Waals surface area contributed by atoms with Gasteiger partial charge in [0.15, 0.2) is 0 Å². The summed E-state index contributed by atoms with van der Waals surface area (Å²) >= 11 is 3.52. The molecule has 0 atom stereocenters. The topological polar surface area (TPSA) is 68.8 Å². The van der Waals surface area contributed by atoms with E-state index >= 15 is 0 Å². The van der Waals surface area contributed by atoms with E-state index in [9.17, 15) is 0 Å². The molecule has 1 aliphatic carbocycles. The van der Waals surface area contributed by atoms with Crippen molar-refractivity contribution in [2.45, 2.75) is 25.4 Å². The zero-order valence-corrected chi connectivity index (χ0v) is 11.4. The lowest BCUT2D eigenvalue weighted by atomic mass is 10.2. The zero-order valence-electron chi connectivity index (χ0n) is 9.81. The number of halogens is 1. The first-order valence-electron chi connectivity index (χ1n) is 5.92. The summed E-state index contributed by atoms with van der Waals surface area (Å²) in [6, 6.07) is 8.56. The molecule has 1 aliphatic rings.